The summed E-state index contributed by atoms with van der Waals surface area (Å²) >= 11 is 9.78. The Labute approximate surface area is 123 Å². The van der Waals surface area contributed by atoms with Gasteiger partial charge in [0.25, 0.3) is 0 Å². The van der Waals surface area contributed by atoms with Crippen LogP contribution in [0.25, 0.3) is 0 Å². The van der Waals surface area contributed by atoms with Crippen molar-refractivity contribution in [3.05, 3.63) is 27.7 Å². The van der Waals surface area contributed by atoms with Gasteiger partial charge in [0.15, 0.2) is 0 Å². The Morgan fingerprint density at radius 3 is 2.39 bits per heavy atom. The molecule has 1 aliphatic heterocycles. The third kappa shape index (κ3) is 2.30. The molecular formula is C15H19BrClN. The summed E-state index contributed by atoms with van der Waals surface area (Å²) in [7, 11) is 0. The number of nitrogens with zero attached hydrogens (tertiary/aromatic N) is 1. The standard InChI is InChI=1S/C15H19BrClN/c16-14-12(17)6-5-7-13(14)18-10-15(11-18)8-3-1-2-4-9-15/h5-7H,1-4,8-11H2. The fourth-order valence-corrected chi connectivity index (χ4v) is 4.15. The largest absolute Gasteiger partial charge is 0.369 e. The van der Waals surface area contributed by atoms with Crippen molar-refractivity contribution in [3.8, 4) is 0 Å². The van der Waals surface area contributed by atoms with Crippen molar-refractivity contribution in [1.29, 1.82) is 0 Å². The Hall–Kier alpha value is -0.210. The van der Waals surface area contributed by atoms with Gasteiger partial charge in [-0.3, -0.25) is 0 Å². The van der Waals surface area contributed by atoms with E-state index in [4.69, 9.17) is 11.6 Å². The van der Waals surface area contributed by atoms with Gasteiger partial charge in [0.2, 0.25) is 0 Å². The number of anilines is 1. The van der Waals surface area contributed by atoms with Crippen molar-refractivity contribution in [3.63, 3.8) is 0 Å². The molecule has 0 aromatic heterocycles. The minimum absolute atomic E-state index is 0.609. The lowest BCUT2D eigenvalue weighted by Crippen LogP contribution is -2.56. The van der Waals surface area contributed by atoms with E-state index < -0.39 is 0 Å². The van der Waals surface area contributed by atoms with Crippen LogP contribution < -0.4 is 4.90 Å². The Bertz CT molecular complexity index is 430. The molecule has 1 aromatic carbocycles. The second kappa shape index (κ2) is 5.05. The average molecular weight is 329 g/mol. The highest BCUT2D eigenvalue weighted by molar-refractivity contribution is 9.10. The molecule has 1 saturated carbocycles. The van der Waals surface area contributed by atoms with Crippen LogP contribution in [0.5, 0.6) is 0 Å². The minimum atomic E-state index is 0.609. The lowest BCUT2D eigenvalue weighted by atomic mass is 9.73. The summed E-state index contributed by atoms with van der Waals surface area (Å²) in [6.07, 6.45) is 8.55. The molecule has 1 aromatic rings. The van der Waals surface area contributed by atoms with Crippen LogP contribution in [0.2, 0.25) is 5.02 Å². The third-order valence-electron chi connectivity index (χ3n) is 4.49. The molecular weight excluding hydrogens is 310 g/mol. The highest BCUT2D eigenvalue weighted by Gasteiger charge is 2.43. The predicted molar refractivity (Wildman–Crippen MR) is 81.5 cm³/mol. The quantitative estimate of drug-likeness (QED) is 0.679. The van der Waals surface area contributed by atoms with Crippen LogP contribution in [-0.4, -0.2) is 13.1 Å². The summed E-state index contributed by atoms with van der Waals surface area (Å²) in [5.74, 6) is 0. The summed E-state index contributed by atoms with van der Waals surface area (Å²) in [5.41, 5.74) is 1.87. The van der Waals surface area contributed by atoms with E-state index in [1.54, 1.807) is 0 Å². The summed E-state index contributed by atoms with van der Waals surface area (Å²) < 4.78 is 1.05. The van der Waals surface area contributed by atoms with Crippen molar-refractivity contribution in [2.45, 2.75) is 38.5 Å². The number of hydrogen-bond acceptors (Lipinski definition) is 1. The first-order valence-corrected chi connectivity index (χ1v) is 8.06. The van der Waals surface area contributed by atoms with E-state index in [1.807, 2.05) is 12.1 Å². The molecule has 0 amide bonds. The average Bonchev–Trinajstić information content (AvgIpc) is 2.57. The first-order valence-electron chi connectivity index (χ1n) is 6.89. The third-order valence-corrected chi connectivity index (χ3v) is 5.87. The molecule has 98 valence electrons. The molecule has 3 heteroatoms. The molecule has 18 heavy (non-hydrogen) atoms. The zero-order valence-electron chi connectivity index (χ0n) is 10.6. The molecule has 0 radical (unpaired) electrons. The Balaban J connectivity index is 1.72. The first-order chi connectivity index (χ1) is 8.70. The van der Waals surface area contributed by atoms with Gasteiger partial charge in [-0.1, -0.05) is 43.4 Å². The SMILES string of the molecule is Clc1cccc(N2CC3(CCCCCC3)C2)c1Br. The Kier molecular flexibility index (Phi) is 3.59. The van der Waals surface area contributed by atoms with Crippen molar-refractivity contribution >= 4 is 33.2 Å². The highest BCUT2D eigenvalue weighted by atomic mass is 79.9. The van der Waals surface area contributed by atoms with Crippen molar-refractivity contribution in [2.24, 2.45) is 5.41 Å². The molecule has 1 heterocycles. The maximum Gasteiger partial charge on any atom is 0.0595 e. The van der Waals surface area contributed by atoms with E-state index in [1.165, 1.54) is 57.3 Å². The second-order valence-electron chi connectivity index (χ2n) is 5.84. The molecule has 1 spiro atoms. The molecule has 1 saturated heterocycles. The van der Waals surface area contributed by atoms with Crippen LogP contribution in [-0.2, 0) is 0 Å². The summed E-state index contributed by atoms with van der Waals surface area (Å²) in [6, 6.07) is 6.15. The van der Waals surface area contributed by atoms with Gasteiger partial charge in [-0.25, -0.2) is 0 Å². The van der Waals surface area contributed by atoms with Gasteiger partial charge in [0, 0.05) is 18.5 Å². The molecule has 2 aliphatic rings. The van der Waals surface area contributed by atoms with E-state index in [0.717, 1.165) is 9.50 Å². The summed E-state index contributed by atoms with van der Waals surface area (Å²) in [5, 5.41) is 0.814. The maximum atomic E-state index is 6.17. The smallest absolute Gasteiger partial charge is 0.0595 e. The van der Waals surface area contributed by atoms with Crippen LogP contribution in [0.1, 0.15) is 38.5 Å². The van der Waals surface area contributed by atoms with E-state index in [0.29, 0.717) is 5.41 Å². The van der Waals surface area contributed by atoms with Gasteiger partial charge in [0.1, 0.15) is 0 Å². The van der Waals surface area contributed by atoms with E-state index in [9.17, 15) is 0 Å². The molecule has 0 atom stereocenters. The topological polar surface area (TPSA) is 3.24 Å². The van der Waals surface area contributed by atoms with Gasteiger partial charge in [0.05, 0.1) is 15.2 Å². The van der Waals surface area contributed by atoms with Crippen LogP contribution in [0.3, 0.4) is 0 Å². The predicted octanol–water partition coefficient (Wildman–Crippen LogP) is 5.26. The zero-order chi connectivity index (χ0) is 12.6. The number of halogens is 2. The lowest BCUT2D eigenvalue weighted by molar-refractivity contribution is 0.180. The maximum absolute atomic E-state index is 6.17. The van der Waals surface area contributed by atoms with E-state index in [2.05, 4.69) is 26.9 Å². The van der Waals surface area contributed by atoms with Crippen LogP contribution in [0.15, 0.2) is 22.7 Å². The molecule has 1 nitrogen and oxygen atoms in total. The van der Waals surface area contributed by atoms with E-state index >= 15 is 0 Å². The molecule has 0 unspecified atom stereocenters. The van der Waals surface area contributed by atoms with Gasteiger partial charge < -0.3 is 4.90 Å². The first kappa shape index (κ1) is 12.8. The molecule has 3 rings (SSSR count). The zero-order valence-corrected chi connectivity index (χ0v) is 12.9. The fourth-order valence-electron chi connectivity index (χ4n) is 3.47. The van der Waals surface area contributed by atoms with Crippen LogP contribution in [0.4, 0.5) is 5.69 Å². The fraction of sp³-hybridized carbons (Fsp3) is 0.600. The number of benzene rings is 1. The van der Waals surface area contributed by atoms with E-state index in [-0.39, 0.29) is 0 Å². The lowest BCUT2D eigenvalue weighted by Gasteiger charge is -2.52. The van der Waals surface area contributed by atoms with Crippen molar-refractivity contribution in [1.82, 2.24) is 0 Å². The minimum Gasteiger partial charge on any atom is -0.369 e. The normalized spacial score (nSPS) is 22.7. The van der Waals surface area contributed by atoms with Crippen LogP contribution >= 0.6 is 27.5 Å². The van der Waals surface area contributed by atoms with Gasteiger partial charge in [-0.15, -0.1) is 0 Å². The Morgan fingerprint density at radius 2 is 1.72 bits per heavy atom. The van der Waals surface area contributed by atoms with Gasteiger partial charge >= 0.3 is 0 Å². The monoisotopic (exact) mass is 327 g/mol. The Morgan fingerprint density at radius 1 is 1.06 bits per heavy atom. The van der Waals surface area contributed by atoms with Crippen LogP contribution in [0, 0.1) is 5.41 Å². The summed E-state index contributed by atoms with van der Waals surface area (Å²) in [4.78, 5) is 2.47. The summed E-state index contributed by atoms with van der Waals surface area (Å²) in [6.45, 7) is 2.43. The molecule has 2 fully saturated rings. The molecule has 1 aliphatic carbocycles. The molecule has 0 N–H and O–H groups in total. The highest BCUT2D eigenvalue weighted by Crippen LogP contribution is 2.46. The number of hydrogen-bond donors (Lipinski definition) is 0. The van der Waals surface area contributed by atoms with Gasteiger partial charge in [-0.05, 0) is 40.9 Å². The van der Waals surface area contributed by atoms with Crippen molar-refractivity contribution < 1.29 is 0 Å². The van der Waals surface area contributed by atoms with Gasteiger partial charge in [-0.2, -0.15) is 0 Å². The second-order valence-corrected chi connectivity index (χ2v) is 7.04. The van der Waals surface area contributed by atoms with Crippen molar-refractivity contribution in [2.75, 3.05) is 18.0 Å². The number of rotatable bonds is 1. The molecule has 0 bridgehead atoms.